The van der Waals surface area contributed by atoms with Gasteiger partial charge in [-0.1, -0.05) is 32.8 Å². The topological polar surface area (TPSA) is 84.0 Å². The van der Waals surface area contributed by atoms with Gasteiger partial charge in [0.1, 0.15) is 17.2 Å². The first-order valence-corrected chi connectivity index (χ1v) is 13.4. The number of carbonyl (C=O) groups is 2. The summed E-state index contributed by atoms with van der Waals surface area (Å²) in [5, 5.41) is 0. The number of hydrogen-bond donors (Lipinski definition) is 0. The van der Waals surface area contributed by atoms with Crippen LogP contribution >= 0.6 is 0 Å². The van der Waals surface area contributed by atoms with Crippen molar-refractivity contribution < 1.29 is 28.5 Å². The molecule has 0 N–H and O–H groups in total. The van der Waals surface area contributed by atoms with E-state index in [2.05, 4.69) is 18.5 Å². The molecule has 0 bridgehead atoms. The number of benzene rings is 2. The summed E-state index contributed by atoms with van der Waals surface area (Å²) in [7, 11) is 0. The van der Waals surface area contributed by atoms with E-state index in [1.165, 1.54) is 0 Å². The zero-order valence-corrected chi connectivity index (χ0v) is 22.8. The first-order chi connectivity index (χ1) is 19.0. The second-order valence-corrected chi connectivity index (χ2v) is 9.20. The van der Waals surface area contributed by atoms with Crippen LogP contribution in [0.25, 0.3) is 11.3 Å². The number of ether oxygens (including phenoxy) is 4. The Labute approximate surface area is 230 Å². The van der Waals surface area contributed by atoms with Gasteiger partial charge in [0, 0.05) is 11.1 Å². The molecule has 0 atom stereocenters. The lowest BCUT2D eigenvalue weighted by Gasteiger charge is -2.09. The predicted octanol–water partition coefficient (Wildman–Crippen LogP) is 7.21. The third-order valence-corrected chi connectivity index (χ3v) is 5.80. The second kappa shape index (κ2) is 16.0. The molecule has 1 aromatic heterocycles. The molecule has 0 aliphatic heterocycles. The summed E-state index contributed by atoms with van der Waals surface area (Å²) >= 11 is 0. The Bertz CT molecular complexity index is 1190. The van der Waals surface area contributed by atoms with E-state index in [4.69, 9.17) is 18.9 Å². The van der Waals surface area contributed by atoms with Crippen molar-refractivity contribution in [2.24, 2.45) is 0 Å². The zero-order chi connectivity index (χ0) is 27.9. The molecule has 0 aliphatic rings. The summed E-state index contributed by atoms with van der Waals surface area (Å²) < 4.78 is 22.0. The van der Waals surface area contributed by atoms with Gasteiger partial charge in [0.25, 0.3) is 0 Å². The monoisotopic (exact) mass is 531 g/mol. The standard InChI is InChI=1S/C32H37NO6/c1-4-20-36-29-18-19-30(33-23-29)25-10-16-28(17-11-25)39-32(35)26-12-14-27(15-13-26)37-21-8-6-5-7-9-22-38-31(34)24(2)3/h10-19,23H,2,4-9,20-22H2,1,3H3. The van der Waals surface area contributed by atoms with Crippen LogP contribution in [-0.2, 0) is 9.53 Å². The van der Waals surface area contributed by atoms with E-state index in [1.54, 1.807) is 49.5 Å². The lowest BCUT2D eigenvalue weighted by Crippen LogP contribution is -2.08. The van der Waals surface area contributed by atoms with Gasteiger partial charge in [-0.2, -0.15) is 0 Å². The van der Waals surface area contributed by atoms with Crippen LogP contribution in [0, 0.1) is 0 Å². The highest BCUT2D eigenvalue weighted by molar-refractivity contribution is 5.91. The number of carbonyl (C=O) groups excluding carboxylic acids is 2. The van der Waals surface area contributed by atoms with Crippen LogP contribution in [0.5, 0.6) is 17.2 Å². The molecule has 0 saturated heterocycles. The highest BCUT2D eigenvalue weighted by Gasteiger charge is 2.10. The molecule has 206 valence electrons. The molecule has 7 heteroatoms. The van der Waals surface area contributed by atoms with Gasteiger partial charge in [0.15, 0.2) is 0 Å². The fourth-order valence-electron chi connectivity index (χ4n) is 3.62. The summed E-state index contributed by atoms with van der Waals surface area (Å²) in [5.41, 5.74) is 2.61. The minimum absolute atomic E-state index is 0.328. The van der Waals surface area contributed by atoms with E-state index >= 15 is 0 Å². The lowest BCUT2D eigenvalue weighted by atomic mass is 10.1. The highest BCUT2D eigenvalue weighted by Crippen LogP contribution is 2.23. The van der Waals surface area contributed by atoms with Gasteiger partial charge in [-0.3, -0.25) is 4.98 Å². The number of hydrogen-bond acceptors (Lipinski definition) is 7. The first kappa shape index (κ1) is 29.4. The van der Waals surface area contributed by atoms with Crippen LogP contribution in [0.3, 0.4) is 0 Å². The predicted molar refractivity (Wildman–Crippen MR) is 151 cm³/mol. The Morgan fingerprint density at radius 1 is 0.744 bits per heavy atom. The average molecular weight is 532 g/mol. The quantitative estimate of drug-likeness (QED) is 0.0836. The smallest absolute Gasteiger partial charge is 0.343 e. The molecule has 7 nitrogen and oxygen atoms in total. The van der Waals surface area contributed by atoms with Gasteiger partial charge < -0.3 is 18.9 Å². The van der Waals surface area contributed by atoms with Crippen molar-refractivity contribution >= 4 is 11.9 Å². The molecule has 39 heavy (non-hydrogen) atoms. The second-order valence-electron chi connectivity index (χ2n) is 9.20. The van der Waals surface area contributed by atoms with Crippen LogP contribution < -0.4 is 14.2 Å². The number of esters is 2. The van der Waals surface area contributed by atoms with Crippen molar-refractivity contribution in [3.63, 3.8) is 0 Å². The minimum atomic E-state index is -0.432. The Balaban J connectivity index is 1.35. The van der Waals surface area contributed by atoms with Gasteiger partial charge >= 0.3 is 11.9 Å². The third-order valence-electron chi connectivity index (χ3n) is 5.80. The molecular formula is C32H37NO6. The maximum absolute atomic E-state index is 12.6. The molecular weight excluding hydrogens is 494 g/mol. The fourth-order valence-corrected chi connectivity index (χ4v) is 3.62. The van der Waals surface area contributed by atoms with Crippen molar-refractivity contribution in [2.75, 3.05) is 19.8 Å². The Hall–Kier alpha value is -4.13. The van der Waals surface area contributed by atoms with Gasteiger partial charge in [-0.15, -0.1) is 0 Å². The molecule has 0 amide bonds. The Morgan fingerprint density at radius 2 is 1.36 bits per heavy atom. The normalized spacial score (nSPS) is 10.5. The molecule has 0 spiro atoms. The Morgan fingerprint density at radius 3 is 2.00 bits per heavy atom. The molecule has 0 saturated carbocycles. The van der Waals surface area contributed by atoms with Gasteiger partial charge in [0.2, 0.25) is 0 Å². The molecule has 2 aromatic carbocycles. The van der Waals surface area contributed by atoms with Crippen molar-refractivity contribution in [2.45, 2.75) is 52.4 Å². The van der Waals surface area contributed by atoms with Crippen LogP contribution in [0.4, 0.5) is 0 Å². The molecule has 1 heterocycles. The molecule has 0 fully saturated rings. The minimum Gasteiger partial charge on any atom is -0.494 e. The van der Waals surface area contributed by atoms with Crippen LogP contribution in [0.2, 0.25) is 0 Å². The van der Waals surface area contributed by atoms with Crippen molar-refractivity contribution in [3.05, 3.63) is 84.6 Å². The maximum atomic E-state index is 12.6. The van der Waals surface area contributed by atoms with Crippen LogP contribution in [0.1, 0.15) is 62.7 Å². The largest absolute Gasteiger partial charge is 0.494 e. The van der Waals surface area contributed by atoms with E-state index in [9.17, 15) is 9.59 Å². The molecule has 3 rings (SSSR count). The number of unbranched alkanes of at least 4 members (excludes halogenated alkanes) is 4. The molecule has 3 aromatic rings. The van der Waals surface area contributed by atoms with E-state index in [0.29, 0.717) is 42.5 Å². The number of pyridine rings is 1. The average Bonchev–Trinajstić information content (AvgIpc) is 2.96. The number of aromatic nitrogens is 1. The summed E-state index contributed by atoms with van der Waals surface area (Å²) in [6, 6.07) is 18.0. The Kier molecular flexibility index (Phi) is 12.0. The SMILES string of the molecule is C=C(C)C(=O)OCCCCCCCOc1ccc(C(=O)Oc2ccc(-c3ccc(OCCC)cn3)cc2)cc1. The zero-order valence-electron chi connectivity index (χ0n) is 22.8. The number of nitrogens with zero attached hydrogens (tertiary/aromatic N) is 1. The fraction of sp³-hybridized carbons (Fsp3) is 0.344. The summed E-state index contributed by atoms with van der Waals surface area (Å²) in [6.45, 7) is 8.96. The van der Waals surface area contributed by atoms with Crippen LogP contribution in [0.15, 0.2) is 79.0 Å². The van der Waals surface area contributed by atoms with E-state index < -0.39 is 5.97 Å². The van der Waals surface area contributed by atoms with Gasteiger partial charge in [0.05, 0.1) is 37.3 Å². The van der Waals surface area contributed by atoms with Crippen molar-refractivity contribution in [1.82, 2.24) is 4.98 Å². The highest BCUT2D eigenvalue weighted by atomic mass is 16.5. The van der Waals surface area contributed by atoms with Gasteiger partial charge in [-0.05, 0) is 86.8 Å². The van der Waals surface area contributed by atoms with E-state index in [1.807, 2.05) is 24.3 Å². The summed E-state index contributed by atoms with van der Waals surface area (Å²) in [5.74, 6) is 1.15. The first-order valence-electron chi connectivity index (χ1n) is 13.4. The number of rotatable bonds is 16. The molecule has 0 aliphatic carbocycles. The summed E-state index contributed by atoms with van der Waals surface area (Å²) in [6.07, 6.45) is 7.52. The molecule has 0 unspecified atom stereocenters. The third kappa shape index (κ3) is 10.3. The van der Waals surface area contributed by atoms with Gasteiger partial charge in [-0.25, -0.2) is 9.59 Å². The van der Waals surface area contributed by atoms with Crippen molar-refractivity contribution in [1.29, 1.82) is 0 Å². The van der Waals surface area contributed by atoms with E-state index in [0.717, 1.165) is 55.5 Å². The molecule has 0 radical (unpaired) electrons. The van der Waals surface area contributed by atoms with E-state index in [-0.39, 0.29) is 5.97 Å². The van der Waals surface area contributed by atoms with Crippen LogP contribution in [-0.4, -0.2) is 36.7 Å². The lowest BCUT2D eigenvalue weighted by molar-refractivity contribution is -0.139. The van der Waals surface area contributed by atoms with Crippen molar-refractivity contribution in [3.8, 4) is 28.5 Å². The maximum Gasteiger partial charge on any atom is 0.343 e. The summed E-state index contributed by atoms with van der Waals surface area (Å²) in [4.78, 5) is 28.3.